The molecule has 1 unspecified atom stereocenters. The molecule has 12 heteroatoms. The molecule has 1 atom stereocenters. The zero-order valence-electron chi connectivity index (χ0n) is 21.3. The molecule has 0 N–H and O–H groups in total. The number of aromatic nitrogens is 3. The van der Waals surface area contributed by atoms with E-state index in [0.29, 0.717) is 28.8 Å². The molecule has 10 nitrogen and oxygen atoms in total. The van der Waals surface area contributed by atoms with Crippen molar-refractivity contribution in [2.24, 2.45) is 0 Å². The summed E-state index contributed by atoms with van der Waals surface area (Å²) < 4.78 is 47.3. The second-order valence-corrected chi connectivity index (χ2v) is 10.6. The predicted octanol–water partition coefficient (Wildman–Crippen LogP) is 4.43. The van der Waals surface area contributed by atoms with Crippen molar-refractivity contribution >= 4 is 45.4 Å². The van der Waals surface area contributed by atoms with Gasteiger partial charge in [-0.2, -0.15) is 0 Å². The number of esters is 1. The lowest BCUT2D eigenvalue weighted by molar-refractivity contribution is -0.141. The Balaban J connectivity index is 1.74. The lowest BCUT2D eigenvalue weighted by Crippen LogP contribution is -2.43. The maximum absolute atomic E-state index is 14.0. The standard InChI is InChI=1S/C26H29ClN4O6S/c1-4-30-17-23(26(29-30)36-5-2)38(33,34)31-16-20(12-14-25(32)35-3)37-22-13-10-18(15-21(22)31)9-11-19-7-6-8-24(27)28-19/h6-11,13,15,17,20H,4-5,12,14,16H2,1-3H3/b11-9+. The Morgan fingerprint density at radius 3 is 2.76 bits per heavy atom. The fraction of sp³-hybridized carbons (Fsp3) is 0.346. The number of nitrogens with zero attached hydrogens (tertiary/aromatic N) is 4. The van der Waals surface area contributed by atoms with Gasteiger partial charge in [-0.1, -0.05) is 29.8 Å². The second-order valence-electron chi connectivity index (χ2n) is 8.42. The predicted molar refractivity (Wildman–Crippen MR) is 144 cm³/mol. The number of rotatable bonds is 10. The van der Waals surface area contributed by atoms with Gasteiger partial charge in [0.15, 0.2) is 4.90 Å². The maximum Gasteiger partial charge on any atom is 0.305 e. The first-order valence-corrected chi connectivity index (χ1v) is 14.0. The van der Waals surface area contributed by atoms with Crippen molar-refractivity contribution in [3.05, 3.63) is 59.0 Å². The van der Waals surface area contributed by atoms with E-state index in [1.165, 1.54) is 22.3 Å². The molecule has 1 aromatic carbocycles. The Morgan fingerprint density at radius 2 is 2.05 bits per heavy atom. The summed E-state index contributed by atoms with van der Waals surface area (Å²) >= 11 is 5.98. The number of aryl methyl sites for hydroxylation is 1. The molecule has 0 aliphatic carbocycles. The quantitative estimate of drug-likeness (QED) is 0.264. The summed E-state index contributed by atoms with van der Waals surface area (Å²) in [6, 6.07) is 10.6. The Labute approximate surface area is 226 Å². The highest BCUT2D eigenvalue weighted by molar-refractivity contribution is 7.93. The Hall–Kier alpha value is -3.57. The fourth-order valence-corrected chi connectivity index (χ4v) is 5.72. The second kappa shape index (κ2) is 11.9. The molecule has 1 aliphatic heterocycles. The van der Waals surface area contributed by atoms with Gasteiger partial charge < -0.3 is 14.2 Å². The maximum atomic E-state index is 14.0. The van der Waals surface area contributed by atoms with E-state index < -0.39 is 22.1 Å². The summed E-state index contributed by atoms with van der Waals surface area (Å²) in [5.41, 5.74) is 1.76. The van der Waals surface area contributed by atoms with Crippen LogP contribution in [0.4, 0.5) is 5.69 Å². The van der Waals surface area contributed by atoms with Crippen LogP contribution in [0.25, 0.3) is 12.2 Å². The zero-order chi connectivity index (χ0) is 27.3. The van der Waals surface area contributed by atoms with Crippen LogP contribution in [0, 0.1) is 0 Å². The third-order valence-electron chi connectivity index (χ3n) is 5.87. The van der Waals surface area contributed by atoms with Crippen LogP contribution in [0.1, 0.15) is 37.9 Å². The van der Waals surface area contributed by atoms with Crippen LogP contribution in [0.2, 0.25) is 5.15 Å². The highest BCUT2D eigenvalue weighted by Gasteiger charge is 2.37. The molecule has 2 aromatic heterocycles. The van der Waals surface area contributed by atoms with Crippen molar-refractivity contribution in [3.8, 4) is 11.6 Å². The average Bonchev–Trinajstić information content (AvgIpc) is 3.34. The molecule has 0 fully saturated rings. The van der Waals surface area contributed by atoms with Crippen LogP contribution in [0.3, 0.4) is 0 Å². The zero-order valence-corrected chi connectivity index (χ0v) is 22.9. The number of methoxy groups -OCH3 is 1. The number of pyridine rings is 1. The van der Waals surface area contributed by atoms with Crippen LogP contribution in [-0.2, 0) is 26.1 Å². The molecule has 0 spiro atoms. The lowest BCUT2D eigenvalue weighted by atomic mass is 10.1. The van der Waals surface area contributed by atoms with Crippen LogP contribution < -0.4 is 13.8 Å². The number of anilines is 1. The minimum absolute atomic E-state index is 0.00177. The third kappa shape index (κ3) is 6.11. The van der Waals surface area contributed by atoms with Gasteiger partial charge in [-0.05, 0) is 56.2 Å². The van der Waals surface area contributed by atoms with E-state index >= 15 is 0 Å². The lowest BCUT2D eigenvalue weighted by Gasteiger charge is -2.35. The topological polar surface area (TPSA) is 113 Å². The molecule has 3 aromatic rings. The summed E-state index contributed by atoms with van der Waals surface area (Å²) in [6.07, 6.45) is 4.88. The summed E-state index contributed by atoms with van der Waals surface area (Å²) in [5, 5.41) is 4.65. The van der Waals surface area contributed by atoms with Gasteiger partial charge in [0.2, 0.25) is 0 Å². The molecule has 0 amide bonds. The van der Waals surface area contributed by atoms with Gasteiger partial charge in [0, 0.05) is 19.2 Å². The molecule has 0 saturated carbocycles. The number of fused-ring (bicyclic) bond motifs is 1. The number of benzene rings is 1. The minimum Gasteiger partial charge on any atom is -0.486 e. The number of halogens is 1. The number of sulfonamides is 1. The summed E-state index contributed by atoms with van der Waals surface area (Å²) in [4.78, 5) is 16.0. The Kier molecular flexibility index (Phi) is 8.58. The van der Waals surface area contributed by atoms with Gasteiger partial charge >= 0.3 is 5.97 Å². The van der Waals surface area contributed by atoms with Gasteiger partial charge in [-0.25, -0.2) is 13.4 Å². The van der Waals surface area contributed by atoms with Crippen LogP contribution in [-0.4, -0.2) is 55.5 Å². The van der Waals surface area contributed by atoms with E-state index in [1.807, 2.05) is 25.1 Å². The van der Waals surface area contributed by atoms with Gasteiger partial charge in [0.25, 0.3) is 15.9 Å². The molecule has 4 rings (SSSR count). The summed E-state index contributed by atoms with van der Waals surface area (Å²) in [6.45, 7) is 4.36. The van der Waals surface area contributed by atoms with Crippen molar-refractivity contribution in [1.82, 2.24) is 14.8 Å². The first kappa shape index (κ1) is 27.5. The van der Waals surface area contributed by atoms with Crippen molar-refractivity contribution in [3.63, 3.8) is 0 Å². The number of hydrogen-bond donors (Lipinski definition) is 0. The van der Waals surface area contributed by atoms with E-state index in [0.717, 1.165) is 5.56 Å². The van der Waals surface area contributed by atoms with Gasteiger partial charge in [-0.3, -0.25) is 13.8 Å². The highest BCUT2D eigenvalue weighted by Crippen LogP contribution is 2.40. The number of carbonyl (C=O) groups excluding carboxylic acids is 1. The average molecular weight is 561 g/mol. The number of hydrogen-bond acceptors (Lipinski definition) is 8. The molecule has 38 heavy (non-hydrogen) atoms. The Morgan fingerprint density at radius 1 is 1.24 bits per heavy atom. The molecule has 0 saturated heterocycles. The summed E-state index contributed by atoms with van der Waals surface area (Å²) in [7, 11) is -2.80. The molecule has 1 aliphatic rings. The summed E-state index contributed by atoms with van der Waals surface area (Å²) in [5.74, 6) is 0.0249. The first-order chi connectivity index (χ1) is 18.2. The molecule has 0 bridgehead atoms. The van der Waals surface area contributed by atoms with E-state index in [1.54, 1.807) is 37.3 Å². The molecule has 0 radical (unpaired) electrons. The molecule has 202 valence electrons. The molecular formula is C26H29ClN4O6S. The van der Waals surface area contributed by atoms with Gasteiger partial charge in [-0.15, -0.1) is 5.10 Å². The van der Waals surface area contributed by atoms with Crippen molar-refractivity contribution in [2.75, 3.05) is 24.6 Å². The Bertz CT molecular complexity index is 1440. The van der Waals surface area contributed by atoms with Crippen LogP contribution in [0.15, 0.2) is 47.5 Å². The number of carbonyl (C=O) groups is 1. The fourth-order valence-electron chi connectivity index (χ4n) is 3.97. The normalized spacial score (nSPS) is 15.3. The van der Waals surface area contributed by atoms with Crippen LogP contribution in [0.5, 0.6) is 11.6 Å². The van der Waals surface area contributed by atoms with E-state index in [-0.39, 0.29) is 36.8 Å². The first-order valence-electron chi connectivity index (χ1n) is 12.2. The van der Waals surface area contributed by atoms with E-state index in [2.05, 4.69) is 10.1 Å². The van der Waals surface area contributed by atoms with Crippen LogP contribution >= 0.6 is 11.6 Å². The molecule has 3 heterocycles. The third-order valence-corrected chi connectivity index (χ3v) is 7.84. The molecular weight excluding hydrogens is 532 g/mol. The van der Waals surface area contributed by atoms with E-state index in [9.17, 15) is 13.2 Å². The van der Waals surface area contributed by atoms with E-state index in [4.69, 9.17) is 25.8 Å². The van der Waals surface area contributed by atoms with Gasteiger partial charge in [0.05, 0.1) is 31.6 Å². The van der Waals surface area contributed by atoms with Gasteiger partial charge in [0.1, 0.15) is 17.0 Å². The minimum atomic E-state index is -4.11. The van der Waals surface area contributed by atoms with Crippen molar-refractivity contribution in [1.29, 1.82) is 0 Å². The van der Waals surface area contributed by atoms with Crippen molar-refractivity contribution < 1.29 is 27.4 Å². The smallest absolute Gasteiger partial charge is 0.305 e. The SMILES string of the molecule is CCOc1nn(CC)cc1S(=O)(=O)N1CC(CCC(=O)OC)Oc2ccc(/C=C/c3cccc(Cl)n3)cc21. The monoisotopic (exact) mass is 560 g/mol. The highest BCUT2D eigenvalue weighted by atomic mass is 35.5. The van der Waals surface area contributed by atoms with Crippen molar-refractivity contribution in [2.45, 2.75) is 44.2 Å². The number of ether oxygens (including phenoxy) is 3. The largest absolute Gasteiger partial charge is 0.486 e.